The summed E-state index contributed by atoms with van der Waals surface area (Å²) in [7, 11) is 1.69. The van der Waals surface area contributed by atoms with Crippen molar-refractivity contribution >= 4 is 11.9 Å². The summed E-state index contributed by atoms with van der Waals surface area (Å²) in [4.78, 5) is 0. The molecule has 0 fully saturated rings. The van der Waals surface area contributed by atoms with E-state index in [9.17, 15) is 0 Å². The smallest absolute Gasteiger partial charge is 0.205 e. The lowest BCUT2D eigenvalue weighted by Crippen LogP contribution is -3.00. The van der Waals surface area contributed by atoms with Crippen LogP contribution < -0.4 is 21.7 Å². The molecular weight excluding hydrogens is 362 g/mol. The minimum Gasteiger partial charge on any atom is -1.00 e. The first-order chi connectivity index (χ1) is 11.3. The van der Waals surface area contributed by atoms with E-state index in [1.54, 1.807) is 7.11 Å². The van der Waals surface area contributed by atoms with Crippen LogP contribution in [-0.2, 0) is 6.54 Å². The fraction of sp³-hybridized carbons (Fsp3) is 0.0952. The van der Waals surface area contributed by atoms with Crippen LogP contribution >= 0.6 is 0 Å². The molecule has 24 heavy (non-hydrogen) atoms. The van der Waals surface area contributed by atoms with E-state index in [-0.39, 0.29) is 17.0 Å². The van der Waals surface area contributed by atoms with Crippen LogP contribution in [0.4, 0.5) is 5.69 Å². The van der Waals surface area contributed by atoms with Crippen LogP contribution in [0.1, 0.15) is 11.1 Å². The third kappa shape index (κ3) is 3.00. The van der Waals surface area contributed by atoms with Crippen LogP contribution in [0.3, 0.4) is 0 Å². The number of benzene rings is 3. The molecule has 1 heterocycles. The van der Waals surface area contributed by atoms with Crippen molar-refractivity contribution in [1.82, 2.24) is 0 Å². The molecule has 3 heteroatoms. The van der Waals surface area contributed by atoms with E-state index in [0.29, 0.717) is 0 Å². The molecule has 120 valence electrons. The van der Waals surface area contributed by atoms with E-state index in [4.69, 9.17) is 4.74 Å². The quantitative estimate of drug-likeness (QED) is 0.616. The normalized spacial score (nSPS) is 12.1. The zero-order valence-electron chi connectivity index (χ0n) is 13.4. The lowest BCUT2D eigenvalue weighted by atomic mass is 9.97. The van der Waals surface area contributed by atoms with Crippen molar-refractivity contribution in [1.29, 1.82) is 0 Å². The molecule has 0 aromatic heterocycles. The van der Waals surface area contributed by atoms with Gasteiger partial charge >= 0.3 is 0 Å². The van der Waals surface area contributed by atoms with Gasteiger partial charge in [-0.2, -0.15) is 4.58 Å². The predicted octanol–water partition coefficient (Wildman–Crippen LogP) is 1.64. The second kappa shape index (κ2) is 7.02. The summed E-state index contributed by atoms with van der Waals surface area (Å²) >= 11 is 0. The third-order valence-corrected chi connectivity index (χ3v) is 4.31. The van der Waals surface area contributed by atoms with Crippen molar-refractivity contribution in [3.05, 3.63) is 83.9 Å². The minimum absolute atomic E-state index is 0. The van der Waals surface area contributed by atoms with E-state index < -0.39 is 0 Å². The molecule has 4 rings (SSSR count). The Balaban J connectivity index is 0.00000169. The van der Waals surface area contributed by atoms with Crippen molar-refractivity contribution in [2.24, 2.45) is 0 Å². The van der Waals surface area contributed by atoms with Gasteiger partial charge in [0, 0.05) is 23.3 Å². The first-order valence-electron chi connectivity index (χ1n) is 7.78. The molecular formula is C21H18BrNO. The Bertz CT molecular complexity index is 884. The molecule has 0 amide bonds. The van der Waals surface area contributed by atoms with E-state index in [1.165, 1.54) is 22.3 Å². The van der Waals surface area contributed by atoms with Crippen LogP contribution in [0.2, 0.25) is 0 Å². The summed E-state index contributed by atoms with van der Waals surface area (Å²) in [5.74, 6) is 0.879. The highest BCUT2D eigenvalue weighted by molar-refractivity contribution is 5.90. The van der Waals surface area contributed by atoms with Gasteiger partial charge < -0.3 is 21.7 Å². The van der Waals surface area contributed by atoms with Gasteiger partial charge in [-0.25, -0.2) is 0 Å². The van der Waals surface area contributed by atoms with Gasteiger partial charge in [0.05, 0.1) is 7.11 Å². The number of hydrogen-bond acceptors (Lipinski definition) is 1. The number of ether oxygens (including phenoxy) is 1. The first kappa shape index (κ1) is 16.5. The van der Waals surface area contributed by atoms with E-state index in [0.717, 1.165) is 18.0 Å². The second-order valence-electron chi connectivity index (χ2n) is 5.70. The Morgan fingerprint density at radius 3 is 2.21 bits per heavy atom. The third-order valence-electron chi connectivity index (χ3n) is 4.31. The van der Waals surface area contributed by atoms with Crippen molar-refractivity contribution in [3.8, 4) is 16.9 Å². The Kier molecular flexibility index (Phi) is 4.81. The average molecular weight is 380 g/mol. The van der Waals surface area contributed by atoms with Gasteiger partial charge in [-0.1, -0.05) is 42.5 Å². The number of fused-ring (bicyclic) bond motifs is 3. The minimum atomic E-state index is 0. The SMILES string of the molecule is COc1ccc([N+]2=Cc3ccccc3-c3ccccc3C2)cc1.[Br-]. The second-order valence-corrected chi connectivity index (χ2v) is 5.70. The maximum atomic E-state index is 5.26. The molecule has 0 N–H and O–H groups in total. The van der Waals surface area contributed by atoms with Crippen LogP contribution in [0.15, 0.2) is 72.8 Å². The van der Waals surface area contributed by atoms with Crippen LogP contribution in [0.5, 0.6) is 5.75 Å². The molecule has 0 bridgehead atoms. The maximum Gasteiger partial charge on any atom is 0.205 e. The summed E-state index contributed by atoms with van der Waals surface area (Å²) in [6, 6.07) is 25.4. The molecule has 0 unspecified atom stereocenters. The summed E-state index contributed by atoms with van der Waals surface area (Å²) in [5.41, 5.74) is 6.35. The lowest BCUT2D eigenvalue weighted by molar-refractivity contribution is -0.452. The number of methoxy groups -OCH3 is 1. The molecule has 0 atom stereocenters. The monoisotopic (exact) mass is 379 g/mol. The van der Waals surface area contributed by atoms with Gasteiger partial charge in [-0.15, -0.1) is 0 Å². The van der Waals surface area contributed by atoms with Gasteiger partial charge in [0.2, 0.25) is 5.69 Å². The summed E-state index contributed by atoms with van der Waals surface area (Å²) in [6.07, 6.45) is 2.23. The molecule has 2 nitrogen and oxygen atoms in total. The van der Waals surface area contributed by atoms with E-state index in [2.05, 4.69) is 71.5 Å². The first-order valence-corrected chi connectivity index (χ1v) is 7.78. The zero-order chi connectivity index (χ0) is 15.6. The predicted molar refractivity (Wildman–Crippen MR) is 93.7 cm³/mol. The fourth-order valence-electron chi connectivity index (χ4n) is 3.11. The Morgan fingerprint density at radius 2 is 1.46 bits per heavy atom. The molecule has 0 saturated carbocycles. The van der Waals surface area contributed by atoms with E-state index in [1.807, 2.05) is 12.1 Å². The molecule has 1 aliphatic rings. The number of halogens is 1. The Morgan fingerprint density at radius 1 is 0.792 bits per heavy atom. The topological polar surface area (TPSA) is 12.2 Å². The van der Waals surface area contributed by atoms with Crippen molar-refractivity contribution < 1.29 is 26.3 Å². The highest BCUT2D eigenvalue weighted by Crippen LogP contribution is 2.31. The Labute approximate surface area is 152 Å². The molecule has 1 aliphatic heterocycles. The van der Waals surface area contributed by atoms with Crippen molar-refractivity contribution in [3.63, 3.8) is 0 Å². The van der Waals surface area contributed by atoms with Gasteiger partial charge in [0.1, 0.15) is 5.75 Å². The average Bonchev–Trinajstić information content (AvgIpc) is 2.79. The maximum absolute atomic E-state index is 5.26. The van der Waals surface area contributed by atoms with Gasteiger partial charge in [0.25, 0.3) is 0 Å². The zero-order valence-corrected chi connectivity index (χ0v) is 15.0. The Hall–Kier alpha value is -2.39. The van der Waals surface area contributed by atoms with Gasteiger partial charge in [-0.05, 0) is 29.3 Å². The summed E-state index contributed by atoms with van der Waals surface area (Å²) < 4.78 is 7.56. The lowest BCUT2D eigenvalue weighted by Gasteiger charge is -2.06. The fourth-order valence-corrected chi connectivity index (χ4v) is 3.11. The van der Waals surface area contributed by atoms with Gasteiger partial charge in [-0.3, -0.25) is 0 Å². The van der Waals surface area contributed by atoms with Crippen LogP contribution in [-0.4, -0.2) is 17.9 Å². The van der Waals surface area contributed by atoms with Gasteiger partial charge in [0.15, 0.2) is 12.8 Å². The highest BCUT2D eigenvalue weighted by Gasteiger charge is 2.20. The van der Waals surface area contributed by atoms with E-state index >= 15 is 0 Å². The number of hydrogen-bond donors (Lipinski definition) is 0. The largest absolute Gasteiger partial charge is 1.00 e. The summed E-state index contributed by atoms with van der Waals surface area (Å²) in [5, 5.41) is 0. The molecule has 0 spiro atoms. The molecule has 0 radical (unpaired) electrons. The number of nitrogens with zero attached hydrogens (tertiary/aromatic N) is 1. The standard InChI is InChI=1S/C21H18NO.BrH/c1-23-19-12-10-18(11-13-19)22-14-16-6-2-4-8-20(16)21-9-5-3-7-17(21)15-22;/h2-14H,15H2,1H3;1H/q+1;/p-1. The summed E-state index contributed by atoms with van der Waals surface area (Å²) in [6.45, 7) is 0.858. The van der Waals surface area contributed by atoms with Crippen molar-refractivity contribution in [2.45, 2.75) is 6.54 Å². The molecule has 0 aliphatic carbocycles. The molecule has 0 saturated heterocycles. The molecule has 3 aromatic rings. The van der Waals surface area contributed by atoms with Crippen LogP contribution in [0, 0.1) is 0 Å². The highest BCUT2D eigenvalue weighted by atomic mass is 79.9. The number of rotatable bonds is 2. The van der Waals surface area contributed by atoms with Crippen LogP contribution in [0.25, 0.3) is 11.1 Å². The molecule has 3 aromatic carbocycles. The van der Waals surface area contributed by atoms with Crippen molar-refractivity contribution in [2.75, 3.05) is 7.11 Å².